The first-order chi connectivity index (χ1) is 18.6. The lowest BCUT2D eigenvalue weighted by molar-refractivity contribution is 0.0384. The van der Waals surface area contributed by atoms with Crippen LogP contribution in [0.1, 0.15) is 30.9 Å². The molecule has 3 aromatic rings. The SMILES string of the molecule is CCCCNC1=C(F)C=c2c(=O)c(CNCCN3CCOCC3)cn(/c2=C\O)-c2ccc3ccccc3c21. The van der Waals surface area contributed by atoms with Gasteiger partial charge in [0.1, 0.15) is 12.1 Å². The van der Waals surface area contributed by atoms with Gasteiger partial charge in [0, 0.05) is 56.6 Å². The summed E-state index contributed by atoms with van der Waals surface area (Å²) in [5.74, 6) is -0.525. The summed E-state index contributed by atoms with van der Waals surface area (Å²) in [6.45, 7) is 7.90. The zero-order valence-corrected chi connectivity index (χ0v) is 21.8. The van der Waals surface area contributed by atoms with Crippen LogP contribution in [0.2, 0.25) is 0 Å². The molecular weight excluding hydrogens is 483 g/mol. The molecule has 1 aromatic heterocycles. The Bertz CT molecular complexity index is 1520. The first-order valence-electron chi connectivity index (χ1n) is 13.4. The first-order valence-corrected chi connectivity index (χ1v) is 13.4. The van der Waals surface area contributed by atoms with Crippen LogP contribution in [0.4, 0.5) is 4.39 Å². The summed E-state index contributed by atoms with van der Waals surface area (Å²) in [7, 11) is 0. The number of rotatable bonds is 9. The molecule has 0 aliphatic carbocycles. The van der Waals surface area contributed by atoms with Crippen molar-refractivity contribution in [1.82, 2.24) is 20.1 Å². The zero-order valence-electron chi connectivity index (χ0n) is 21.8. The van der Waals surface area contributed by atoms with E-state index in [2.05, 4.69) is 22.5 Å². The van der Waals surface area contributed by atoms with Gasteiger partial charge in [-0.3, -0.25) is 9.69 Å². The minimum atomic E-state index is -0.525. The molecule has 1 saturated heterocycles. The molecule has 0 amide bonds. The van der Waals surface area contributed by atoms with Crippen LogP contribution >= 0.6 is 0 Å². The summed E-state index contributed by atoms with van der Waals surface area (Å²) in [5, 5.41) is 19.2. The van der Waals surface area contributed by atoms with E-state index in [0.29, 0.717) is 42.1 Å². The van der Waals surface area contributed by atoms with E-state index in [-0.39, 0.29) is 16.0 Å². The van der Waals surface area contributed by atoms with E-state index in [0.717, 1.165) is 62.7 Å². The van der Waals surface area contributed by atoms with Gasteiger partial charge in [-0.25, -0.2) is 4.39 Å². The van der Waals surface area contributed by atoms with Crippen molar-refractivity contribution in [3.05, 3.63) is 80.3 Å². The number of ether oxygens (including phenoxy) is 1. The Balaban J connectivity index is 1.61. The van der Waals surface area contributed by atoms with E-state index in [4.69, 9.17) is 4.74 Å². The summed E-state index contributed by atoms with van der Waals surface area (Å²) in [4.78, 5) is 15.8. The Hall–Kier alpha value is -3.46. The van der Waals surface area contributed by atoms with Crippen LogP contribution < -0.4 is 26.6 Å². The van der Waals surface area contributed by atoms with Crippen molar-refractivity contribution < 1.29 is 14.2 Å². The van der Waals surface area contributed by atoms with Crippen LogP contribution in [0.15, 0.2) is 53.2 Å². The Labute approximate surface area is 221 Å². The van der Waals surface area contributed by atoms with Crippen molar-refractivity contribution in [2.45, 2.75) is 26.3 Å². The summed E-state index contributed by atoms with van der Waals surface area (Å²) < 4.78 is 23.3. The predicted octanol–water partition coefficient (Wildman–Crippen LogP) is 2.53. The molecular formula is C30H35FN4O3. The standard InChI is InChI=1S/C30H35FN4O3/c1-2-3-10-33-29-25(31)17-24-27(20-36)35(26-9-8-21-6-4-5-7-23(21)28(26)29)19-22(30(24)37)18-32-11-12-34-13-15-38-16-14-34/h4-9,17,19-20,32-33,36H,2-3,10-16,18H2,1H3/b24-17?,27-20-,29-25?. The maximum atomic E-state index is 16.0. The molecule has 5 rings (SSSR count). The lowest BCUT2D eigenvalue weighted by Crippen LogP contribution is -2.48. The third-order valence-corrected chi connectivity index (χ3v) is 7.26. The average Bonchev–Trinajstić information content (AvgIpc) is 2.94. The summed E-state index contributed by atoms with van der Waals surface area (Å²) in [6, 6.07) is 11.8. The first kappa shape index (κ1) is 26.2. The minimum Gasteiger partial charge on any atom is -0.513 e. The smallest absolute Gasteiger partial charge is 0.194 e. The predicted molar refractivity (Wildman–Crippen MR) is 150 cm³/mol. The number of halogens is 1. The fourth-order valence-electron chi connectivity index (χ4n) is 5.19. The molecule has 200 valence electrons. The molecule has 2 aliphatic heterocycles. The molecule has 1 fully saturated rings. The number of aromatic nitrogens is 1. The number of fused-ring (bicyclic) bond motifs is 6. The highest BCUT2D eigenvalue weighted by molar-refractivity contribution is 5.98. The van der Waals surface area contributed by atoms with Gasteiger partial charge in [-0.1, -0.05) is 43.7 Å². The maximum Gasteiger partial charge on any atom is 0.194 e. The highest BCUT2D eigenvalue weighted by Crippen LogP contribution is 2.32. The molecule has 7 nitrogen and oxygen atoms in total. The fraction of sp³-hybridized carbons (Fsp3) is 0.367. The van der Waals surface area contributed by atoms with Crippen LogP contribution in [-0.2, 0) is 11.3 Å². The number of morpholine rings is 1. The Morgan fingerprint density at radius 3 is 2.74 bits per heavy atom. The van der Waals surface area contributed by atoms with Gasteiger partial charge in [0.05, 0.1) is 35.2 Å². The van der Waals surface area contributed by atoms with E-state index in [1.54, 1.807) is 6.20 Å². The normalized spacial score (nSPS) is 16.2. The summed E-state index contributed by atoms with van der Waals surface area (Å²) >= 11 is 0. The lowest BCUT2D eigenvalue weighted by atomic mass is 9.97. The third-order valence-electron chi connectivity index (χ3n) is 7.26. The Morgan fingerprint density at radius 1 is 1.13 bits per heavy atom. The Kier molecular flexibility index (Phi) is 8.22. The molecule has 8 heteroatoms. The molecule has 0 radical (unpaired) electrons. The molecule has 3 heterocycles. The van der Waals surface area contributed by atoms with Crippen molar-refractivity contribution in [3.8, 4) is 5.69 Å². The van der Waals surface area contributed by atoms with Gasteiger partial charge in [-0.05, 0) is 29.3 Å². The fourth-order valence-corrected chi connectivity index (χ4v) is 5.19. The van der Waals surface area contributed by atoms with Crippen LogP contribution in [0.25, 0.3) is 34.5 Å². The highest BCUT2D eigenvalue weighted by Gasteiger charge is 2.21. The second kappa shape index (κ2) is 11.9. The molecule has 0 saturated carbocycles. The summed E-state index contributed by atoms with van der Waals surface area (Å²) in [5.41, 5.74) is 1.97. The minimum absolute atomic E-state index is 0.131. The van der Waals surface area contributed by atoms with Gasteiger partial charge >= 0.3 is 0 Å². The quantitative estimate of drug-likeness (QED) is 0.378. The number of benzene rings is 2. The van der Waals surface area contributed by atoms with Crippen molar-refractivity contribution in [1.29, 1.82) is 0 Å². The van der Waals surface area contributed by atoms with Crippen LogP contribution in [0.5, 0.6) is 0 Å². The average molecular weight is 519 g/mol. The van der Waals surface area contributed by atoms with E-state index in [1.807, 2.05) is 41.0 Å². The zero-order chi connectivity index (χ0) is 26.5. The molecule has 0 spiro atoms. The molecule has 2 aliphatic rings. The number of nitrogens with zero attached hydrogens (tertiary/aromatic N) is 2. The number of hydrogen-bond acceptors (Lipinski definition) is 6. The largest absolute Gasteiger partial charge is 0.513 e. The highest BCUT2D eigenvalue weighted by atomic mass is 19.1. The molecule has 2 bridgehead atoms. The molecule has 2 aromatic carbocycles. The second-order valence-corrected chi connectivity index (χ2v) is 9.74. The van der Waals surface area contributed by atoms with E-state index in [9.17, 15) is 9.90 Å². The van der Waals surface area contributed by atoms with Gasteiger partial charge < -0.3 is 25.0 Å². The van der Waals surface area contributed by atoms with Crippen LogP contribution in [0.3, 0.4) is 0 Å². The van der Waals surface area contributed by atoms with Crippen molar-refractivity contribution in [2.75, 3.05) is 45.9 Å². The topological polar surface area (TPSA) is 78.8 Å². The van der Waals surface area contributed by atoms with Gasteiger partial charge in [0.15, 0.2) is 5.43 Å². The number of aliphatic hydroxyl groups is 1. The monoisotopic (exact) mass is 518 g/mol. The number of nitrogens with one attached hydrogen (secondary N) is 2. The van der Waals surface area contributed by atoms with Gasteiger partial charge in [0.25, 0.3) is 0 Å². The third kappa shape index (κ3) is 5.25. The molecule has 38 heavy (non-hydrogen) atoms. The van der Waals surface area contributed by atoms with Crippen LogP contribution in [-0.4, -0.2) is 60.5 Å². The Morgan fingerprint density at radius 2 is 1.95 bits per heavy atom. The van der Waals surface area contributed by atoms with Crippen molar-refractivity contribution >= 4 is 28.8 Å². The molecule has 0 unspecified atom stereocenters. The number of unbranched alkanes of at least 4 members (excludes halogenated alkanes) is 1. The van der Waals surface area contributed by atoms with Crippen LogP contribution in [0, 0.1) is 0 Å². The van der Waals surface area contributed by atoms with Crippen molar-refractivity contribution in [3.63, 3.8) is 0 Å². The van der Waals surface area contributed by atoms with E-state index in [1.165, 1.54) is 6.08 Å². The number of allylic oxidation sites excluding steroid dienone is 1. The van der Waals surface area contributed by atoms with Crippen molar-refractivity contribution in [2.24, 2.45) is 0 Å². The van der Waals surface area contributed by atoms with E-state index >= 15 is 4.39 Å². The number of aliphatic hydroxyl groups excluding tert-OH is 1. The van der Waals surface area contributed by atoms with Gasteiger partial charge in [-0.15, -0.1) is 0 Å². The number of hydrogen-bond donors (Lipinski definition) is 3. The number of pyridine rings is 1. The van der Waals surface area contributed by atoms with E-state index < -0.39 is 5.83 Å². The molecule has 0 atom stereocenters. The summed E-state index contributed by atoms with van der Waals surface area (Å²) in [6.07, 6.45) is 5.78. The molecule has 3 N–H and O–H groups in total. The van der Waals surface area contributed by atoms with Gasteiger partial charge in [0.2, 0.25) is 0 Å². The second-order valence-electron chi connectivity index (χ2n) is 9.74. The van der Waals surface area contributed by atoms with Gasteiger partial charge in [-0.2, -0.15) is 0 Å². The lowest BCUT2D eigenvalue weighted by Gasteiger charge is -2.26. The maximum absolute atomic E-state index is 16.0.